The van der Waals surface area contributed by atoms with Crippen LogP contribution in [0.1, 0.15) is 15.6 Å². The number of aromatic nitrogens is 3. The Kier molecular flexibility index (Phi) is 3.03. The molecule has 3 N–H and O–H groups in total. The lowest BCUT2D eigenvalue weighted by atomic mass is 10.4. The predicted molar refractivity (Wildman–Crippen MR) is 64.9 cm³/mol. The number of nitrogens with zero attached hydrogens (tertiary/aromatic N) is 3. The third-order valence-electron chi connectivity index (χ3n) is 2.26. The molecule has 0 bridgehead atoms. The number of nitrogens with two attached hydrogens (primary N) is 1. The van der Waals surface area contributed by atoms with Crippen LogP contribution in [0.15, 0.2) is 4.79 Å². The van der Waals surface area contributed by atoms with E-state index >= 15 is 0 Å². The molecular formula is C8H11N5OS2. The quantitative estimate of drug-likeness (QED) is 0.625. The average molecular weight is 257 g/mol. The molecule has 0 amide bonds. The van der Waals surface area contributed by atoms with Gasteiger partial charge in [0.05, 0.1) is 6.54 Å². The third kappa shape index (κ3) is 1.99. The highest BCUT2D eigenvalue weighted by Gasteiger charge is 2.10. The van der Waals surface area contributed by atoms with Gasteiger partial charge in [-0.1, -0.05) is 22.7 Å². The minimum absolute atomic E-state index is 0.0347. The van der Waals surface area contributed by atoms with Gasteiger partial charge in [0, 0.05) is 10.6 Å². The molecule has 0 atom stereocenters. The van der Waals surface area contributed by atoms with Crippen molar-refractivity contribution in [1.82, 2.24) is 14.8 Å². The summed E-state index contributed by atoms with van der Waals surface area (Å²) in [5, 5.41) is 9.07. The monoisotopic (exact) mass is 257 g/mol. The second-order valence-electron chi connectivity index (χ2n) is 3.24. The summed E-state index contributed by atoms with van der Waals surface area (Å²) in [6.07, 6.45) is 0. The second kappa shape index (κ2) is 4.32. The van der Waals surface area contributed by atoms with Crippen molar-refractivity contribution in [2.24, 2.45) is 5.84 Å². The number of hydrazine groups is 1. The van der Waals surface area contributed by atoms with Gasteiger partial charge in [-0.05, 0) is 13.8 Å². The molecule has 86 valence electrons. The van der Waals surface area contributed by atoms with Gasteiger partial charge in [0.2, 0.25) is 5.13 Å². The van der Waals surface area contributed by atoms with E-state index < -0.39 is 0 Å². The fraction of sp³-hybridized carbons (Fsp3) is 0.375. The van der Waals surface area contributed by atoms with Crippen molar-refractivity contribution < 1.29 is 0 Å². The number of aryl methyl sites for hydroxylation is 1. The summed E-state index contributed by atoms with van der Waals surface area (Å²) in [6, 6.07) is 0. The Morgan fingerprint density at radius 1 is 1.38 bits per heavy atom. The number of rotatable bonds is 3. The molecule has 0 radical (unpaired) electrons. The van der Waals surface area contributed by atoms with Gasteiger partial charge in [-0.15, -0.1) is 10.2 Å². The lowest BCUT2D eigenvalue weighted by Gasteiger charge is -2.00. The molecule has 0 aromatic carbocycles. The highest BCUT2D eigenvalue weighted by molar-refractivity contribution is 7.15. The summed E-state index contributed by atoms with van der Waals surface area (Å²) in [6.45, 7) is 4.32. The molecular weight excluding hydrogens is 246 g/mol. The molecule has 6 nitrogen and oxygen atoms in total. The maximum absolute atomic E-state index is 11.6. The van der Waals surface area contributed by atoms with Crippen molar-refractivity contribution in [2.45, 2.75) is 20.4 Å². The van der Waals surface area contributed by atoms with Gasteiger partial charge in [-0.2, -0.15) is 0 Å². The molecule has 0 saturated heterocycles. The molecule has 0 aliphatic carbocycles. The SMILES string of the molecule is Cc1sc(=O)n(Cc2nnc(NN)s2)c1C. The minimum atomic E-state index is 0.0347. The maximum Gasteiger partial charge on any atom is 0.307 e. The smallest absolute Gasteiger partial charge is 0.298 e. The topological polar surface area (TPSA) is 85.8 Å². The van der Waals surface area contributed by atoms with Gasteiger partial charge in [-0.25, -0.2) is 5.84 Å². The van der Waals surface area contributed by atoms with Crippen LogP contribution in [0.25, 0.3) is 0 Å². The zero-order valence-corrected chi connectivity index (χ0v) is 10.5. The fourth-order valence-corrected chi connectivity index (χ4v) is 2.75. The molecule has 2 rings (SSSR count). The summed E-state index contributed by atoms with van der Waals surface area (Å²) in [7, 11) is 0. The number of hydrogen-bond acceptors (Lipinski definition) is 7. The molecule has 0 aliphatic rings. The van der Waals surface area contributed by atoms with Gasteiger partial charge in [0.15, 0.2) is 0 Å². The first kappa shape index (κ1) is 11.2. The molecule has 8 heteroatoms. The largest absolute Gasteiger partial charge is 0.307 e. The van der Waals surface area contributed by atoms with Crippen LogP contribution in [-0.2, 0) is 6.54 Å². The molecule has 0 spiro atoms. The Bertz CT molecular complexity index is 555. The van der Waals surface area contributed by atoms with Gasteiger partial charge >= 0.3 is 4.87 Å². The molecule has 2 aromatic heterocycles. The van der Waals surface area contributed by atoms with Crippen LogP contribution in [0.3, 0.4) is 0 Å². The van der Waals surface area contributed by atoms with E-state index in [1.165, 1.54) is 22.7 Å². The van der Waals surface area contributed by atoms with E-state index in [2.05, 4.69) is 15.6 Å². The van der Waals surface area contributed by atoms with Crippen molar-refractivity contribution in [3.05, 3.63) is 25.2 Å². The van der Waals surface area contributed by atoms with Crippen LogP contribution in [0.5, 0.6) is 0 Å². The van der Waals surface area contributed by atoms with E-state index in [0.29, 0.717) is 11.7 Å². The van der Waals surface area contributed by atoms with E-state index in [1.54, 1.807) is 4.57 Å². The zero-order valence-electron chi connectivity index (χ0n) is 8.85. The van der Waals surface area contributed by atoms with Crippen molar-refractivity contribution in [3.63, 3.8) is 0 Å². The maximum atomic E-state index is 11.6. The summed E-state index contributed by atoms with van der Waals surface area (Å²) in [5.74, 6) is 5.21. The number of nitrogen functional groups attached to an aromatic ring is 1. The highest BCUT2D eigenvalue weighted by Crippen LogP contribution is 2.16. The molecule has 2 heterocycles. The van der Waals surface area contributed by atoms with E-state index in [4.69, 9.17) is 5.84 Å². The van der Waals surface area contributed by atoms with Crippen molar-refractivity contribution >= 4 is 27.8 Å². The van der Waals surface area contributed by atoms with Gasteiger partial charge < -0.3 is 0 Å². The van der Waals surface area contributed by atoms with E-state index in [1.807, 2.05) is 13.8 Å². The third-order valence-corrected chi connectivity index (χ3v) is 4.09. The van der Waals surface area contributed by atoms with Crippen LogP contribution in [0.2, 0.25) is 0 Å². The van der Waals surface area contributed by atoms with Gasteiger partial charge in [-0.3, -0.25) is 14.8 Å². The van der Waals surface area contributed by atoms with Crippen molar-refractivity contribution in [3.8, 4) is 0 Å². The summed E-state index contributed by atoms with van der Waals surface area (Å²) < 4.78 is 1.70. The Labute approximate surface area is 99.7 Å². The average Bonchev–Trinajstić information content (AvgIpc) is 2.80. The highest BCUT2D eigenvalue weighted by atomic mass is 32.1. The minimum Gasteiger partial charge on any atom is -0.298 e. The van der Waals surface area contributed by atoms with Crippen molar-refractivity contribution in [1.29, 1.82) is 0 Å². The Balaban J connectivity index is 2.30. The Morgan fingerprint density at radius 2 is 2.12 bits per heavy atom. The first-order valence-corrected chi connectivity index (χ1v) is 6.21. The van der Waals surface area contributed by atoms with E-state index in [-0.39, 0.29) is 4.87 Å². The number of anilines is 1. The summed E-state index contributed by atoms with van der Waals surface area (Å²) >= 11 is 2.59. The first-order valence-electron chi connectivity index (χ1n) is 4.57. The zero-order chi connectivity index (χ0) is 11.7. The fourth-order valence-electron chi connectivity index (χ4n) is 1.28. The van der Waals surface area contributed by atoms with E-state index in [9.17, 15) is 4.79 Å². The standard InChI is InChI=1S/C8H11N5OS2/c1-4-5(2)15-8(14)13(4)3-6-11-12-7(10-9)16-6/h3,9H2,1-2H3,(H,10,12). The predicted octanol–water partition coefficient (Wildman–Crippen LogP) is 0.712. The lowest BCUT2D eigenvalue weighted by molar-refractivity contribution is 0.737. The van der Waals surface area contributed by atoms with Crippen LogP contribution >= 0.6 is 22.7 Å². The van der Waals surface area contributed by atoms with Crippen LogP contribution < -0.4 is 16.1 Å². The lowest BCUT2D eigenvalue weighted by Crippen LogP contribution is -2.15. The summed E-state index contributed by atoms with van der Waals surface area (Å²) in [5.41, 5.74) is 3.41. The molecule has 2 aromatic rings. The Hall–Kier alpha value is -1.25. The molecule has 0 aliphatic heterocycles. The van der Waals surface area contributed by atoms with E-state index in [0.717, 1.165) is 15.6 Å². The Morgan fingerprint density at radius 3 is 2.62 bits per heavy atom. The van der Waals surface area contributed by atoms with Gasteiger partial charge in [0.25, 0.3) is 0 Å². The van der Waals surface area contributed by atoms with Crippen molar-refractivity contribution in [2.75, 3.05) is 5.43 Å². The van der Waals surface area contributed by atoms with Crippen LogP contribution in [0, 0.1) is 13.8 Å². The second-order valence-corrected chi connectivity index (χ2v) is 5.47. The number of nitrogens with one attached hydrogen (secondary N) is 1. The summed E-state index contributed by atoms with van der Waals surface area (Å²) in [4.78, 5) is 12.7. The van der Waals surface area contributed by atoms with Gasteiger partial charge in [0.1, 0.15) is 5.01 Å². The van der Waals surface area contributed by atoms with Crippen LogP contribution in [0.4, 0.5) is 5.13 Å². The molecule has 0 saturated carbocycles. The number of thiazole rings is 1. The molecule has 16 heavy (non-hydrogen) atoms. The molecule has 0 unspecified atom stereocenters. The normalized spacial score (nSPS) is 10.7. The first-order chi connectivity index (χ1) is 7.61. The molecule has 0 fully saturated rings. The number of hydrogen-bond donors (Lipinski definition) is 2. The van der Waals surface area contributed by atoms with Crippen LogP contribution in [-0.4, -0.2) is 14.8 Å².